The molecule has 1 heterocycles. The van der Waals surface area contributed by atoms with Crippen LogP contribution < -0.4 is 5.32 Å². The summed E-state index contributed by atoms with van der Waals surface area (Å²) < 4.78 is 11.0. The molecule has 5 nitrogen and oxygen atoms in total. The summed E-state index contributed by atoms with van der Waals surface area (Å²) in [6.07, 6.45) is 1.64. The molecule has 2 aromatic rings. The molecule has 108 valence electrons. The summed E-state index contributed by atoms with van der Waals surface area (Å²) in [5.41, 5.74) is 1.11. The summed E-state index contributed by atoms with van der Waals surface area (Å²) in [4.78, 5) is 0. The second kappa shape index (κ2) is 7.77. The van der Waals surface area contributed by atoms with E-state index in [9.17, 15) is 0 Å². The van der Waals surface area contributed by atoms with Crippen LogP contribution in [0.1, 0.15) is 36.7 Å². The molecule has 1 aromatic heterocycles. The van der Waals surface area contributed by atoms with Gasteiger partial charge in [-0.1, -0.05) is 30.3 Å². The van der Waals surface area contributed by atoms with Crippen molar-refractivity contribution in [3.05, 3.63) is 47.7 Å². The van der Waals surface area contributed by atoms with Crippen molar-refractivity contribution in [1.29, 1.82) is 0 Å². The molecule has 0 radical (unpaired) electrons. The zero-order chi connectivity index (χ0) is 14.2. The third-order valence-corrected chi connectivity index (χ3v) is 3.03. The van der Waals surface area contributed by atoms with Crippen LogP contribution in [0.25, 0.3) is 0 Å². The van der Waals surface area contributed by atoms with Gasteiger partial charge in [-0.15, -0.1) is 10.2 Å². The van der Waals surface area contributed by atoms with E-state index < -0.39 is 0 Å². The van der Waals surface area contributed by atoms with Gasteiger partial charge < -0.3 is 14.5 Å². The molecule has 0 bridgehead atoms. The highest BCUT2D eigenvalue weighted by molar-refractivity contribution is 5.23. The molecular formula is C15H21N3O2. The van der Waals surface area contributed by atoms with Gasteiger partial charge in [0.1, 0.15) is 6.04 Å². The van der Waals surface area contributed by atoms with Gasteiger partial charge in [0.15, 0.2) is 0 Å². The van der Waals surface area contributed by atoms with Crippen LogP contribution in [0.3, 0.4) is 0 Å². The number of ether oxygens (including phenoxy) is 1. The van der Waals surface area contributed by atoms with E-state index in [1.807, 2.05) is 44.3 Å². The summed E-state index contributed by atoms with van der Waals surface area (Å²) in [5, 5.41) is 11.4. The molecule has 0 spiro atoms. The summed E-state index contributed by atoms with van der Waals surface area (Å²) in [6, 6.07) is 10.0. The predicted molar refractivity (Wildman–Crippen MR) is 76.5 cm³/mol. The van der Waals surface area contributed by atoms with Crippen LogP contribution in [0.15, 0.2) is 34.7 Å². The minimum atomic E-state index is -0.0654. The van der Waals surface area contributed by atoms with Crippen LogP contribution in [-0.4, -0.2) is 30.5 Å². The van der Waals surface area contributed by atoms with Gasteiger partial charge in [0.05, 0.1) is 0 Å². The number of aromatic nitrogens is 2. The van der Waals surface area contributed by atoms with Crippen LogP contribution in [-0.2, 0) is 11.2 Å². The molecule has 1 N–H and O–H groups in total. The second-order valence-corrected chi connectivity index (χ2v) is 4.47. The number of aryl methyl sites for hydroxylation is 1. The van der Waals surface area contributed by atoms with E-state index in [0.717, 1.165) is 31.6 Å². The van der Waals surface area contributed by atoms with Gasteiger partial charge in [-0.3, -0.25) is 0 Å². The van der Waals surface area contributed by atoms with Gasteiger partial charge in [0, 0.05) is 19.6 Å². The number of rotatable bonds is 8. The van der Waals surface area contributed by atoms with E-state index in [1.54, 1.807) is 0 Å². The molecule has 1 unspecified atom stereocenters. The first kappa shape index (κ1) is 14.7. The van der Waals surface area contributed by atoms with Crippen molar-refractivity contribution >= 4 is 0 Å². The molecule has 20 heavy (non-hydrogen) atoms. The SMILES string of the molecule is CCOCCCc1nnc(C(NC)c2ccccc2)o1. The largest absolute Gasteiger partial charge is 0.423 e. The monoisotopic (exact) mass is 275 g/mol. The van der Waals surface area contributed by atoms with E-state index in [-0.39, 0.29) is 6.04 Å². The molecule has 2 rings (SSSR count). The molecule has 1 atom stereocenters. The minimum absolute atomic E-state index is 0.0654. The lowest BCUT2D eigenvalue weighted by molar-refractivity contribution is 0.143. The number of hydrogen-bond acceptors (Lipinski definition) is 5. The fourth-order valence-corrected chi connectivity index (χ4v) is 2.03. The first-order valence-electron chi connectivity index (χ1n) is 6.97. The van der Waals surface area contributed by atoms with Gasteiger partial charge in [-0.2, -0.15) is 0 Å². The maximum Gasteiger partial charge on any atom is 0.237 e. The van der Waals surface area contributed by atoms with E-state index in [1.165, 1.54) is 0 Å². The van der Waals surface area contributed by atoms with Crippen molar-refractivity contribution in [2.75, 3.05) is 20.3 Å². The number of nitrogens with zero attached hydrogens (tertiary/aromatic N) is 2. The van der Waals surface area contributed by atoms with Crippen molar-refractivity contribution in [3.8, 4) is 0 Å². The highest BCUT2D eigenvalue weighted by Crippen LogP contribution is 2.20. The Morgan fingerprint density at radius 1 is 1.25 bits per heavy atom. The highest BCUT2D eigenvalue weighted by atomic mass is 16.5. The summed E-state index contributed by atoms with van der Waals surface area (Å²) >= 11 is 0. The lowest BCUT2D eigenvalue weighted by atomic mass is 10.1. The Balaban J connectivity index is 1.99. The smallest absolute Gasteiger partial charge is 0.237 e. The number of benzene rings is 1. The quantitative estimate of drug-likeness (QED) is 0.749. The molecule has 0 saturated heterocycles. The third kappa shape index (κ3) is 3.88. The number of nitrogens with one attached hydrogen (secondary N) is 1. The topological polar surface area (TPSA) is 60.2 Å². The highest BCUT2D eigenvalue weighted by Gasteiger charge is 2.18. The summed E-state index contributed by atoms with van der Waals surface area (Å²) in [5.74, 6) is 1.26. The Labute approximate surface area is 119 Å². The van der Waals surface area contributed by atoms with Crippen LogP contribution in [0.4, 0.5) is 0 Å². The van der Waals surface area contributed by atoms with E-state index in [2.05, 4.69) is 15.5 Å². The third-order valence-electron chi connectivity index (χ3n) is 3.03. The maximum atomic E-state index is 5.73. The summed E-state index contributed by atoms with van der Waals surface area (Å²) in [6.45, 7) is 3.45. The van der Waals surface area contributed by atoms with Crippen LogP contribution in [0.5, 0.6) is 0 Å². The van der Waals surface area contributed by atoms with Crippen molar-refractivity contribution in [2.45, 2.75) is 25.8 Å². The predicted octanol–water partition coefficient (Wildman–Crippen LogP) is 2.35. The molecule has 0 aliphatic carbocycles. The average molecular weight is 275 g/mol. The maximum absolute atomic E-state index is 5.73. The van der Waals surface area contributed by atoms with Crippen molar-refractivity contribution in [2.24, 2.45) is 0 Å². The standard InChI is InChI=1S/C15H21N3O2/c1-3-19-11-7-10-13-17-18-15(20-13)14(16-2)12-8-5-4-6-9-12/h4-6,8-9,14,16H,3,7,10-11H2,1-2H3. The molecule has 0 saturated carbocycles. The van der Waals surface area contributed by atoms with Crippen LogP contribution >= 0.6 is 0 Å². The molecule has 0 amide bonds. The van der Waals surface area contributed by atoms with E-state index >= 15 is 0 Å². The normalized spacial score (nSPS) is 12.5. The van der Waals surface area contributed by atoms with Gasteiger partial charge in [-0.05, 0) is 26.0 Å². The number of hydrogen-bond donors (Lipinski definition) is 1. The van der Waals surface area contributed by atoms with Crippen molar-refractivity contribution < 1.29 is 9.15 Å². The molecular weight excluding hydrogens is 254 g/mol. The fourth-order valence-electron chi connectivity index (χ4n) is 2.03. The summed E-state index contributed by atoms with van der Waals surface area (Å²) in [7, 11) is 1.89. The molecule has 0 aliphatic heterocycles. The first-order valence-corrected chi connectivity index (χ1v) is 6.97. The van der Waals surface area contributed by atoms with E-state index in [4.69, 9.17) is 9.15 Å². The van der Waals surface area contributed by atoms with Gasteiger partial charge in [0.25, 0.3) is 0 Å². The molecule has 0 aliphatic rings. The Morgan fingerprint density at radius 2 is 2.05 bits per heavy atom. The lowest BCUT2D eigenvalue weighted by Crippen LogP contribution is -2.17. The van der Waals surface area contributed by atoms with Crippen molar-refractivity contribution in [1.82, 2.24) is 15.5 Å². The van der Waals surface area contributed by atoms with Gasteiger partial charge in [0.2, 0.25) is 11.8 Å². The molecule has 5 heteroatoms. The first-order chi connectivity index (χ1) is 9.85. The van der Waals surface area contributed by atoms with Gasteiger partial charge in [-0.25, -0.2) is 0 Å². The Kier molecular flexibility index (Phi) is 5.70. The minimum Gasteiger partial charge on any atom is -0.423 e. The molecule has 1 aromatic carbocycles. The van der Waals surface area contributed by atoms with Gasteiger partial charge >= 0.3 is 0 Å². The zero-order valence-electron chi connectivity index (χ0n) is 12.0. The fraction of sp³-hybridized carbons (Fsp3) is 0.467. The van der Waals surface area contributed by atoms with E-state index in [0.29, 0.717) is 11.8 Å². The lowest BCUT2D eigenvalue weighted by Gasteiger charge is -2.11. The second-order valence-electron chi connectivity index (χ2n) is 4.47. The Hall–Kier alpha value is -1.72. The zero-order valence-corrected chi connectivity index (χ0v) is 12.0. The Bertz CT molecular complexity index is 499. The van der Waals surface area contributed by atoms with Crippen LogP contribution in [0.2, 0.25) is 0 Å². The average Bonchev–Trinajstić information content (AvgIpc) is 2.94. The molecule has 0 fully saturated rings. The van der Waals surface area contributed by atoms with Crippen molar-refractivity contribution in [3.63, 3.8) is 0 Å². The Morgan fingerprint density at radius 3 is 2.75 bits per heavy atom. The van der Waals surface area contributed by atoms with Crippen LogP contribution in [0, 0.1) is 0 Å².